The summed E-state index contributed by atoms with van der Waals surface area (Å²) in [5, 5.41) is 0. The van der Waals surface area contributed by atoms with Crippen LogP contribution in [0.2, 0.25) is 0 Å². The van der Waals surface area contributed by atoms with Crippen LogP contribution in [0.4, 0.5) is 0 Å². The first-order valence-electron chi connectivity index (χ1n) is 5.88. The van der Waals surface area contributed by atoms with Gasteiger partial charge in [0, 0.05) is 36.6 Å². The summed E-state index contributed by atoms with van der Waals surface area (Å²) in [5.74, 6) is 0. The van der Waals surface area contributed by atoms with E-state index in [1.165, 1.54) is 0 Å². The third kappa shape index (κ3) is 2.28. The third-order valence-corrected chi connectivity index (χ3v) is 2.84. The number of aromatic nitrogens is 3. The fraction of sp³-hybridized carbons (Fsp3) is 0. The minimum Gasteiger partial charge on any atom is -0.306 e. The first kappa shape index (κ1) is 11.3. The molecule has 0 aliphatic carbocycles. The van der Waals surface area contributed by atoms with Crippen LogP contribution in [0.3, 0.4) is 0 Å². The third-order valence-electron chi connectivity index (χ3n) is 2.84. The molecule has 0 N–H and O–H groups in total. The van der Waals surface area contributed by atoms with Gasteiger partial charge in [0.05, 0.1) is 5.69 Å². The van der Waals surface area contributed by atoms with Gasteiger partial charge < -0.3 is 4.40 Å². The van der Waals surface area contributed by atoms with Crippen LogP contribution < -0.4 is 0 Å². The van der Waals surface area contributed by atoms with E-state index >= 15 is 0 Å². The van der Waals surface area contributed by atoms with E-state index in [1.54, 1.807) is 12.4 Å². The van der Waals surface area contributed by atoms with Gasteiger partial charge in [-0.2, -0.15) is 0 Å². The van der Waals surface area contributed by atoms with Gasteiger partial charge in [0.2, 0.25) is 0 Å². The lowest BCUT2D eigenvalue weighted by atomic mass is 10.1. The molecule has 0 saturated heterocycles. The molecule has 4 nitrogen and oxygen atoms in total. The van der Waals surface area contributed by atoms with Crippen molar-refractivity contribution in [1.82, 2.24) is 14.4 Å². The molecule has 19 heavy (non-hydrogen) atoms. The Morgan fingerprint density at radius 1 is 1.16 bits per heavy atom. The number of aliphatic imine (C=N–C) groups is 1. The van der Waals surface area contributed by atoms with E-state index in [4.69, 9.17) is 0 Å². The monoisotopic (exact) mass is 248 g/mol. The Kier molecular flexibility index (Phi) is 2.90. The van der Waals surface area contributed by atoms with Gasteiger partial charge in [-0.15, -0.1) is 0 Å². The van der Waals surface area contributed by atoms with Crippen LogP contribution in [-0.2, 0) is 0 Å². The van der Waals surface area contributed by atoms with E-state index in [2.05, 4.69) is 21.7 Å². The Morgan fingerprint density at radius 2 is 2.11 bits per heavy atom. The maximum atomic E-state index is 4.45. The molecule has 92 valence electrons. The van der Waals surface area contributed by atoms with Gasteiger partial charge in [-0.3, -0.25) is 9.98 Å². The highest BCUT2D eigenvalue weighted by Crippen LogP contribution is 2.18. The fourth-order valence-corrected chi connectivity index (χ4v) is 1.88. The van der Waals surface area contributed by atoms with Gasteiger partial charge in [-0.1, -0.05) is 6.07 Å². The standard InChI is InChI=1S/C15H12N4/c1-16-7-6-12-2-4-14(18-10-12)13-3-5-15-17-8-9-19(15)11-13/h2-11H,1H2/b7-6+. The summed E-state index contributed by atoms with van der Waals surface area (Å²) in [6.07, 6.45) is 11.0. The van der Waals surface area contributed by atoms with Crippen LogP contribution >= 0.6 is 0 Å². The molecule has 0 unspecified atom stereocenters. The van der Waals surface area contributed by atoms with Gasteiger partial charge in [0.25, 0.3) is 0 Å². The van der Waals surface area contributed by atoms with E-state index in [1.807, 2.05) is 53.3 Å². The number of imidazole rings is 1. The summed E-state index contributed by atoms with van der Waals surface area (Å²) < 4.78 is 1.98. The van der Waals surface area contributed by atoms with Gasteiger partial charge in [0.15, 0.2) is 0 Å². The number of fused-ring (bicyclic) bond motifs is 1. The average molecular weight is 248 g/mol. The second kappa shape index (κ2) is 4.86. The number of hydrogen-bond acceptors (Lipinski definition) is 3. The summed E-state index contributed by atoms with van der Waals surface area (Å²) in [6, 6.07) is 7.99. The first-order chi connectivity index (χ1) is 9.36. The molecule has 0 radical (unpaired) electrons. The van der Waals surface area contributed by atoms with Crippen LogP contribution in [0.15, 0.2) is 60.2 Å². The molecule has 4 heteroatoms. The molecule has 3 heterocycles. The smallest absolute Gasteiger partial charge is 0.136 e. The predicted molar refractivity (Wildman–Crippen MR) is 77.0 cm³/mol. The SMILES string of the molecule is C=N/C=C/c1ccc(-c2ccc3nccn3c2)nc1. The molecule has 0 bridgehead atoms. The molecule has 3 aromatic rings. The molecular weight excluding hydrogens is 236 g/mol. The molecule has 0 amide bonds. The van der Waals surface area contributed by atoms with Crippen molar-refractivity contribution in [3.63, 3.8) is 0 Å². The molecule has 0 aliphatic heterocycles. The highest BCUT2D eigenvalue weighted by molar-refractivity contribution is 5.62. The summed E-state index contributed by atoms with van der Waals surface area (Å²) in [6.45, 7) is 3.40. The predicted octanol–water partition coefficient (Wildman–Crippen LogP) is 3.07. The lowest BCUT2D eigenvalue weighted by molar-refractivity contribution is 1.18. The molecule has 0 fully saturated rings. The molecule has 3 rings (SSSR count). The second-order valence-corrected chi connectivity index (χ2v) is 4.09. The minimum atomic E-state index is 0.930. The van der Waals surface area contributed by atoms with Crippen molar-refractivity contribution in [2.24, 2.45) is 4.99 Å². The van der Waals surface area contributed by atoms with Crippen molar-refractivity contribution >= 4 is 18.4 Å². The van der Waals surface area contributed by atoms with Gasteiger partial charge in [0.1, 0.15) is 5.65 Å². The minimum absolute atomic E-state index is 0.930. The van der Waals surface area contributed by atoms with Crippen molar-refractivity contribution in [3.8, 4) is 11.3 Å². The Bertz CT molecular complexity index is 738. The van der Waals surface area contributed by atoms with Crippen molar-refractivity contribution in [3.05, 3.63) is 60.8 Å². The molecule has 0 aliphatic rings. The molecule has 0 saturated carbocycles. The van der Waals surface area contributed by atoms with Gasteiger partial charge >= 0.3 is 0 Å². The Balaban J connectivity index is 1.96. The Morgan fingerprint density at radius 3 is 2.89 bits per heavy atom. The van der Waals surface area contributed by atoms with E-state index in [0.29, 0.717) is 0 Å². The molecule has 0 atom stereocenters. The summed E-state index contributed by atoms with van der Waals surface area (Å²) >= 11 is 0. The fourth-order valence-electron chi connectivity index (χ4n) is 1.88. The zero-order valence-electron chi connectivity index (χ0n) is 10.3. The normalized spacial score (nSPS) is 11.2. The lowest BCUT2D eigenvalue weighted by Gasteiger charge is -2.02. The number of nitrogens with zero attached hydrogens (tertiary/aromatic N) is 4. The highest BCUT2D eigenvalue weighted by atomic mass is 15.0. The summed E-state index contributed by atoms with van der Waals surface area (Å²) in [7, 11) is 0. The zero-order chi connectivity index (χ0) is 13.1. The molecular formula is C15H12N4. The van der Waals surface area contributed by atoms with Crippen LogP contribution in [-0.4, -0.2) is 21.1 Å². The topological polar surface area (TPSA) is 42.5 Å². The maximum absolute atomic E-state index is 4.45. The Hall–Kier alpha value is -2.75. The molecule has 0 aromatic carbocycles. The van der Waals surface area contributed by atoms with Gasteiger partial charge in [-0.25, -0.2) is 4.98 Å². The van der Waals surface area contributed by atoms with E-state index in [0.717, 1.165) is 22.5 Å². The summed E-state index contributed by atoms with van der Waals surface area (Å²) in [4.78, 5) is 12.3. The van der Waals surface area contributed by atoms with Crippen LogP contribution in [0, 0.1) is 0 Å². The first-order valence-corrected chi connectivity index (χ1v) is 5.88. The number of pyridine rings is 2. The number of hydrogen-bond donors (Lipinski definition) is 0. The van der Waals surface area contributed by atoms with Crippen LogP contribution in [0.5, 0.6) is 0 Å². The van der Waals surface area contributed by atoms with Crippen LogP contribution in [0.1, 0.15) is 5.56 Å². The van der Waals surface area contributed by atoms with Crippen molar-refractivity contribution in [2.75, 3.05) is 0 Å². The number of rotatable bonds is 3. The van der Waals surface area contributed by atoms with E-state index < -0.39 is 0 Å². The van der Waals surface area contributed by atoms with E-state index in [9.17, 15) is 0 Å². The van der Waals surface area contributed by atoms with E-state index in [-0.39, 0.29) is 0 Å². The second-order valence-electron chi connectivity index (χ2n) is 4.09. The molecule has 0 spiro atoms. The quantitative estimate of drug-likeness (QED) is 0.668. The highest BCUT2D eigenvalue weighted by Gasteiger charge is 2.01. The van der Waals surface area contributed by atoms with Crippen LogP contribution in [0.25, 0.3) is 23.0 Å². The molecule has 3 aromatic heterocycles. The maximum Gasteiger partial charge on any atom is 0.136 e. The zero-order valence-corrected chi connectivity index (χ0v) is 10.3. The average Bonchev–Trinajstić information content (AvgIpc) is 2.93. The Labute approximate surface area is 110 Å². The van der Waals surface area contributed by atoms with Gasteiger partial charge in [-0.05, 0) is 36.6 Å². The largest absolute Gasteiger partial charge is 0.306 e. The summed E-state index contributed by atoms with van der Waals surface area (Å²) in [5.41, 5.74) is 3.92. The van der Waals surface area contributed by atoms with Crippen molar-refractivity contribution in [1.29, 1.82) is 0 Å². The lowest BCUT2D eigenvalue weighted by Crippen LogP contribution is -1.88. The van der Waals surface area contributed by atoms with Crippen molar-refractivity contribution in [2.45, 2.75) is 0 Å². The van der Waals surface area contributed by atoms with Crippen molar-refractivity contribution < 1.29 is 0 Å².